The number of hydrogen-bond donors (Lipinski definition) is 1. The molecule has 0 aromatic carbocycles. The van der Waals surface area contributed by atoms with E-state index in [1.165, 1.54) is 0 Å². The van der Waals surface area contributed by atoms with Gasteiger partial charge in [0.15, 0.2) is 0 Å². The molecule has 1 heterocycles. The van der Waals surface area contributed by atoms with Gasteiger partial charge >= 0.3 is 0 Å². The van der Waals surface area contributed by atoms with Crippen molar-refractivity contribution in [3.8, 4) is 0 Å². The molecule has 1 amide bonds. The molecule has 1 unspecified atom stereocenters. The number of carbonyl (C=O) groups excluding carboxylic acids is 1. The zero-order valence-electron chi connectivity index (χ0n) is 7.48. The third kappa shape index (κ3) is 3.40. The fourth-order valence-electron chi connectivity index (χ4n) is 1.16. The zero-order chi connectivity index (χ0) is 9.52. The van der Waals surface area contributed by atoms with Crippen molar-refractivity contribution in [2.24, 2.45) is 0 Å². The fourth-order valence-corrected chi connectivity index (χ4v) is 1.16. The highest BCUT2D eigenvalue weighted by Crippen LogP contribution is 2.02. The van der Waals surface area contributed by atoms with Gasteiger partial charge in [0.2, 0.25) is 6.41 Å². The van der Waals surface area contributed by atoms with Crippen LogP contribution in [0.15, 0.2) is 24.8 Å². The third-order valence-corrected chi connectivity index (χ3v) is 1.73. The number of nitrogens with one attached hydrogen (secondary N) is 1. The van der Waals surface area contributed by atoms with Crippen molar-refractivity contribution in [2.75, 3.05) is 19.7 Å². The molecule has 1 rings (SSSR count). The van der Waals surface area contributed by atoms with Crippen molar-refractivity contribution in [2.45, 2.75) is 6.04 Å². The second-order valence-corrected chi connectivity index (χ2v) is 2.75. The molecule has 4 heteroatoms. The van der Waals surface area contributed by atoms with Gasteiger partial charge in [-0.05, 0) is 0 Å². The molecule has 0 aromatic rings. The minimum Gasteiger partial charge on any atom is -0.351 e. The molecule has 13 heavy (non-hydrogen) atoms. The largest absolute Gasteiger partial charge is 0.351 e. The molecule has 0 saturated carbocycles. The van der Waals surface area contributed by atoms with E-state index in [2.05, 4.69) is 11.9 Å². The highest BCUT2D eigenvalue weighted by atomic mass is 16.7. The molecular formula is C9H14N2O2. The van der Waals surface area contributed by atoms with Crippen molar-refractivity contribution >= 4 is 6.41 Å². The Morgan fingerprint density at radius 3 is 3.31 bits per heavy atom. The summed E-state index contributed by atoms with van der Waals surface area (Å²) in [6, 6.07) is 0.0519. The highest BCUT2D eigenvalue weighted by molar-refractivity contribution is 5.47. The van der Waals surface area contributed by atoms with Crippen LogP contribution < -0.4 is 5.32 Å². The predicted molar refractivity (Wildman–Crippen MR) is 49.8 cm³/mol. The lowest BCUT2D eigenvalue weighted by atomic mass is 10.2. The number of nitrogens with zero attached hydrogens (tertiary/aromatic N) is 1. The Balaban J connectivity index is 2.31. The van der Waals surface area contributed by atoms with Crippen molar-refractivity contribution in [3.63, 3.8) is 0 Å². The van der Waals surface area contributed by atoms with Gasteiger partial charge in [-0.25, -0.2) is 0 Å². The molecule has 72 valence electrons. The lowest BCUT2D eigenvalue weighted by Gasteiger charge is -2.26. The predicted octanol–water partition coefficient (Wildman–Crippen LogP) is 0.0904. The van der Waals surface area contributed by atoms with E-state index >= 15 is 0 Å². The van der Waals surface area contributed by atoms with Gasteiger partial charge in [-0.1, -0.05) is 18.2 Å². The van der Waals surface area contributed by atoms with Crippen LogP contribution in [-0.4, -0.2) is 37.2 Å². The lowest BCUT2D eigenvalue weighted by Crippen LogP contribution is -2.42. The van der Waals surface area contributed by atoms with Crippen LogP contribution in [0.5, 0.6) is 0 Å². The summed E-state index contributed by atoms with van der Waals surface area (Å²) in [4.78, 5) is 15.5. The van der Waals surface area contributed by atoms with E-state index in [-0.39, 0.29) is 6.04 Å². The van der Waals surface area contributed by atoms with Crippen molar-refractivity contribution in [3.05, 3.63) is 24.8 Å². The molecule has 1 aliphatic rings. The van der Waals surface area contributed by atoms with E-state index in [1.54, 1.807) is 11.1 Å². The van der Waals surface area contributed by atoms with Crippen LogP contribution in [0.3, 0.4) is 0 Å². The molecule has 0 radical (unpaired) electrons. The van der Waals surface area contributed by atoms with Gasteiger partial charge in [-0.3, -0.25) is 9.63 Å². The Morgan fingerprint density at radius 2 is 2.62 bits per heavy atom. The molecular weight excluding hydrogens is 168 g/mol. The molecule has 1 aliphatic heterocycles. The quantitative estimate of drug-likeness (QED) is 0.484. The molecule has 0 spiro atoms. The first-order valence-electron chi connectivity index (χ1n) is 4.22. The molecule has 0 aliphatic carbocycles. The number of rotatable bonds is 5. The van der Waals surface area contributed by atoms with E-state index in [4.69, 9.17) is 4.84 Å². The van der Waals surface area contributed by atoms with E-state index in [0.29, 0.717) is 19.6 Å². The fraction of sp³-hybridized carbons (Fsp3) is 0.444. The Hall–Kier alpha value is -1.13. The summed E-state index contributed by atoms with van der Waals surface area (Å²) in [6.45, 7) is 5.50. The Kier molecular flexibility index (Phi) is 4.21. The summed E-state index contributed by atoms with van der Waals surface area (Å²) >= 11 is 0. The summed E-state index contributed by atoms with van der Waals surface area (Å²) < 4.78 is 0. The summed E-state index contributed by atoms with van der Waals surface area (Å²) in [5.41, 5.74) is 0. The van der Waals surface area contributed by atoms with Gasteiger partial charge in [0.25, 0.3) is 0 Å². The Labute approximate surface area is 77.8 Å². The van der Waals surface area contributed by atoms with Crippen LogP contribution in [0, 0.1) is 0 Å². The molecule has 1 atom stereocenters. The molecule has 0 bridgehead atoms. The molecule has 0 aromatic heterocycles. The van der Waals surface area contributed by atoms with Crippen LogP contribution in [0.25, 0.3) is 0 Å². The number of hydrogen-bond acceptors (Lipinski definition) is 3. The smallest absolute Gasteiger partial charge is 0.207 e. The van der Waals surface area contributed by atoms with E-state index in [9.17, 15) is 4.79 Å². The normalized spacial score (nSPS) is 22.6. The maximum absolute atomic E-state index is 10.2. The lowest BCUT2D eigenvalue weighted by molar-refractivity contribution is -0.145. The van der Waals surface area contributed by atoms with E-state index in [1.807, 2.05) is 12.2 Å². The van der Waals surface area contributed by atoms with Crippen LogP contribution in [0.2, 0.25) is 0 Å². The third-order valence-electron chi connectivity index (χ3n) is 1.73. The van der Waals surface area contributed by atoms with Gasteiger partial charge in [0, 0.05) is 13.1 Å². The average Bonchev–Trinajstić information content (AvgIpc) is 2.16. The van der Waals surface area contributed by atoms with Gasteiger partial charge in [0.05, 0.1) is 12.6 Å². The molecule has 1 N–H and O–H groups in total. The maximum Gasteiger partial charge on any atom is 0.207 e. The molecule has 0 saturated heterocycles. The second kappa shape index (κ2) is 5.50. The Bertz CT molecular complexity index is 204. The second-order valence-electron chi connectivity index (χ2n) is 2.75. The minimum atomic E-state index is 0.0519. The molecule has 0 fully saturated rings. The summed E-state index contributed by atoms with van der Waals surface area (Å²) in [5, 5.41) is 4.47. The summed E-state index contributed by atoms with van der Waals surface area (Å²) in [6.07, 6.45) is 6.32. The first-order chi connectivity index (χ1) is 6.36. The van der Waals surface area contributed by atoms with Gasteiger partial charge < -0.3 is 5.32 Å². The first-order valence-corrected chi connectivity index (χ1v) is 4.22. The topological polar surface area (TPSA) is 41.6 Å². The highest BCUT2D eigenvalue weighted by Gasteiger charge is 2.14. The van der Waals surface area contributed by atoms with Crippen LogP contribution in [-0.2, 0) is 9.63 Å². The summed E-state index contributed by atoms with van der Waals surface area (Å²) in [5.74, 6) is 0. The van der Waals surface area contributed by atoms with Crippen LogP contribution in [0.4, 0.5) is 0 Å². The van der Waals surface area contributed by atoms with Gasteiger partial charge in [0.1, 0.15) is 0 Å². The zero-order valence-corrected chi connectivity index (χ0v) is 7.48. The van der Waals surface area contributed by atoms with Crippen LogP contribution in [0.1, 0.15) is 0 Å². The van der Waals surface area contributed by atoms with Gasteiger partial charge in [-0.2, -0.15) is 5.06 Å². The molecule has 4 nitrogen and oxygen atoms in total. The number of amides is 1. The summed E-state index contributed by atoms with van der Waals surface area (Å²) in [7, 11) is 0. The standard InChI is InChI=1S/C9H14N2O2/c1-2-6-13-11-5-3-4-9(7-11)10-8-12/h2-4,8-9H,1,5-7H2,(H,10,12). The van der Waals surface area contributed by atoms with Crippen LogP contribution >= 0.6 is 0 Å². The average molecular weight is 182 g/mol. The van der Waals surface area contributed by atoms with Crippen molar-refractivity contribution in [1.29, 1.82) is 0 Å². The first kappa shape index (κ1) is 9.95. The van der Waals surface area contributed by atoms with Crippen molar-refractivity contribution < 1.29 is 9.63 Å². The van der Waals surface area contributed by atoms with E-state index < -0.39 is 0 Å². The SMILES string of the molecule is C=CCON1CC=CC(NC=O)C1. The number of hydroxylamine groups is 2. The van der Waals surface area contributed by atoms with Crippen molar-refractivity contribution in [1.82, 2.24) is 10.4 Å². The van der Waals surface area contributed by atoms with E-state index in [0.717, 1.165) is 6.54 Å². The van der Waals surface area contributed by atoms with Gasteiger partial charge in [-0.15, -0.1) is 6.58 Å². The minimum absolute atomic E-state index is 0.0519. The maximum atomic E-state index is 10.2. The number of carbonyl (C=O) groups is 1. The monoisotopic (exact) mass is 182 g/mol. The Morgan fingerprint density at radius 1 is 1.77 bits per heavy atom.